The molecule has 0 saturated carbocycles. The summed E-state index contributed by atoms with van der Waals surface area (Å²) in [5.74, 6) is 0. The molecule has 0 aliphatic carbocycles. The van der Waals surface area contributed by atoms with E-state index in [1.54, 1.807) is 6.07 Å². The molecule has 0 aliphatic heterocycles. The van der Waals surface area contributed by atoms with E-state index >= 15 is 0 Å². The maximum Gasteiger partial charge on any atom is 0.346 e. The number of halogens is 1. The summed E-state index contributed by atoms with van der Waals surface area (Å²) in [6.07, 6.45) is 0. The fraction of sp³-hybridized carbons (Fsp3) is 0. The third-order valence-electron chi connectivity index (χ3n) is 5.57. The number of benzene rings is 4. The number of fused-ring (bicyclic) bond motifs is 6. The lowest BCUT2D eigenvalue weighted by Gasteiger charge is -2.15. The van der Waals surface area contributed by atoms with Gasteiger partial charge in [0.2, 0.25) is 0 Å². The molecule has 0 fully saturated rings. The Hall–Kier alpha value is -3.50. The summed E-state index contributed by atoms with van der Waals surface area (Å²) in [4.78, 5) is 18.2. The number of pyridine rings is 1. The average Bonchev–Trinajstić information content (AvgIpc) is 2.78. The summed E-state index contributed by atoms with van der Waals surface area (Å²) in [5, 5.41) is 4.45. The molecule has 0 saturated heterocycles. The normalized spacial score (nSPS) is 11.6. The van der Waals surface area contributed by atoms with Crippen LogP contribution >= 0.6 is 15.9 Å². The highest BCUT2D eigenvalue weighted by Crippen LogP contribution is 2.41. The highest BCUT2D eigenvalue weighted by Gasteiger charge is 2.20. The highest BCUT2D eigenvalue weighted by molar-refractivity contribution is 9.10. The summed E-state index contributed by atoms with van der Waals surface area (Å²) >= 11 is 3.69. The molecule has 0 spiro atoms. The molecule has 0 aliphatic rings. The first kappa shape index (κ1) is 17.4. The van der Waals surface area contributed by atoms with Gasteiger partial charge < -0.3 is 4.42 Å². The molecule has 30 heavy (non-hydrogen) atoms. The zero-order valence-corrected chi connectivity index (χ0v) is 17.3. The zero-order chi connectivity index (χ0) is 20.2. The Morgan fingerprint density at radius 2 is 1.47 bits per heavy atom. The smallest absolute Gasteiger partial charge is 0.346 e. The van der Waals surface area contributed by atoms with E-state index in [4.69, 9.17) is 9.40 Å². The first-order chi connectivity index (χ1) is 14.7. The van der Waals surface area contributed by atoms with E-state index in [2.05, 4.69) is 34.1 Å². The van der Waals surface area contributed by atoms with Crippen molar-refractivity contribution in [1.82, 2.24) is 4.98 Å². The number of para-hydroxylation sites is 1. The minimum absolute atomic E-state index is 0.378. The van der Waals surface area contributed by atoms with Crippen LogP contribution in [0.15, 0.2) is 98.6 Å². The van der Waals surface area contributed by atoms with Gasteiger partial charge in [-0.25, -0.2) is 9.78 Å². The van der Waals surface area contributed by atoms with Crippen molar-refractivity contribution in [1.29, 1.82) is 0 Å². The SMILES string of the molecule is O=c1oc2ccccc2c2nc3ccc4ccccc4c3c(-c3ccccc3Br)c12. The van der Waals surface area contributed by atoms with Gasteiger partial charge in [0.05, 0.1) is 16.4 Å². The van der Waals surface area contributed by atoms with Crippen molar-refractivity contribution < 1.29 is 4.42 Å². The van der Waals surface area contributed by atoms with Crippen molar-refractivity contribution in [2.45, 2.75) is 0 Å². The van der Waals surface area contributed by atoms with E-state index in [9.17, 15) is 4.79 Å². The summed E-state index contributed by atoms with van der Waals surface area (Å²) in [6.45, 7) is 0. The molecule has 2 heterocycles. The summed E-state index contributed by atoms with van der Waals surface area (Å²) in [5.41, 5.74) is 3.46. The molecule has 0 bridgehead atoms. The second-order valence-corrected chi connectivity index (χ2v) is 8.11. The van der Waals surface area contributed by atoms with E-state index in [0.717, 1.165) is 42.7 Å². The molecule has 0 amide bonds. The van der Waals surface area contributed by atoms with Gasteiger partial charge >= 0.3 is 5.63 Å². The van der Waals surface area contributed by atoms with Crippen molar-refractivity contribution in [3.05, 3.63) is 99.8 Å². The Balaban J connectivity index is 1.99. The standard InChI is InChI=1S/C26H14BrNO2/c27-19-11-5-3-9-17(19)23-22-16-8-2-1-7-15(16)13-14-20(22)28-25-18-10-4-6-12-21(18)30-26(29)24(23)25/h1-14H. The van der Waals surface area contributed by atoms with Crippen LogP contribution in [0.1, 0.15) is 0 Å². The maximum atomic E-state index is 13.3. The van der Waals surface area contributed by atoms with Gasteiger partial charge in [0.15, 0.2) is 0 Å². The van der Waals surface area contributed by atoms with E-state index in [1.807, 2.05) is 60.7 Å². The van der Waals surface area contributed by atoms with Crippen LogP contribution in [-0.4, -0.2) is 4.98 Å². The van der Waals surface area contributed by atoms with Crippen LogP contribution in [0.25, 0.3) is 54.7 Å². The summed E-state index contributed by atoms with van der Waals surface area (Å²) in [6, 6.07) is 27.8. The van der Waals surface area contributed by atoms with Crippen LogP contribution in [0.4, 0.5) is 0 Å². The summed E-state index contributed by atoms with van der Waals surface area (Å²) in [7, 11) is 0. The van der Waals surface area contributed by atoms with Gasteiger partial charge in [-0.1, -0.05) is 76.6 Å². The van der Waals surface area contributed by atoms with Crippen LogP contribution in [0.5, 0.6) is 0 Å². The first-order valence-electron chi connectivity index (χ1n) is 9.64. The Morgan fingerprint density at radius 1 is 0.733 bits per heavy atom. The van der Waals surface area contributed by atoms with Crippen molar-refractivity contribution in [3.8, 4) is 11.1 Å². The van der Waals surface area contributed by atoms with Crippen LogP contribution in [-0.2, 0) is 0 Å². The highest BCUT2D eigenvalue weighted by atomic mass is 79.9. The molecule has 0 atom stereocenters. The van der Waals surface area contributed by atoms with E-state index in [-0.39, 0.29) is 5.63 Å². The topological polar surface area (TPSA) is 43.1 Å². The molecule has 0 unspecified atom stereocenters. The molecule has 4 heteroatoms. The molecule has 2 aromatic heterocycles. The van der Waals surface area contributed by atoms with Gasteiger partial charge in [-0.15, -0.1) is 0 Å². The zero-order valence-electron chi connectivity index (χ0n) is 15.7. The lowest BCUT2D eigenvalue weighted by molar-refractivity contribution is 0.569. The van der Waals surface area contributed by atoms with Crippen LogP contribution in [0, 0.1) is 0 Å². The lowest BCUT2D eigenvalue weighted by atomic mass is 9.93. The lowest BCUT2D eigenvalue weighted by Crippen LogP contribution is -2.04. The number of aromatic nitrogens is 1. The predicted molar refractivity (Wildman–Crippen MR) is 126 cm³/mol. The molecule has 0 N–H and O–H groups in total. The monoisotopic (exact) mass is 451 g/mol. The van der Waals surface area contributed by atoms with Gasteiger partial charge in [-0.3, -0.25) is 0 Å². The number of hydrogen-bond acceptors (Lipinski definition) is 3. The van der Waals surface area contributed by atoms with Crippen molar-refractivity contribution in [2.75, 3.05) is 0 Å². The Kier molecular flexibility index (Phi) is 3.77. The Morgan fingerprint density at radius 3 is 2.33 bits per heavy atom. The van der Waals surface area contributed by atoms with E-state index in [1.165, 1.54) is 0 Å². The largest absolute Gasteiger partial charge is 0.422 e. The third-order valence-corrected chi connectivity index (χ3v) is 6.26. The molecule has 0 radical (unpaired) electrons. The Bertz CT molecular complexity index is 1680. The quantitative estimate of drug-likeness (QED) is 0.152. The van der Waals surface area contributed by atoms with Crippen LogP contribution < -0.4 is 5.63 Å². The second kappa shape index (κ2) is 6.51. The minimum atomic E-state index is -0.378. The number of rotatable bonds is 1. The predicted octanol–water partition coefficient (Wildman–Crippen LogP) is 7.08. The van der Waals surface area contributed by atoms with Crippen molar-refractivity contribution in [3.63, 3.8) is 0 Å². The van der Waals surface area contributed by atoms with Gasteiger partial charge in [0.1, 0.15) is 5.58 Å². The fourth-order valence-electron chi connectivity index (χ4n) is 4.26. The van der Waals surface area contributed by atoms with Crippen molar-refractivity contribution in [2.24, 2.45) is 0 Å². The second-order valence-electron chi connectivity index (χ2n) is 7.26. The Labute approximate surface area is 179 Å². The third kappa shape index (κ3) is 2.44. The molecule has 4 aromatic carbocycles. The molecule has 142 valence electrons. The van der Waals surface area contributed by atoms with Gasteiger partial charge in [-0.2, -0.15) is 0 Å². The number of hydrogen-bond donors (Lipinski definition) is 0. The van der Waals surface area contributed by atoms with Gasteiger partial charge in [0.25, 0.3) is 0 Å². The van der Waals surface area contributed by atoms with E-state index in [0.29, 0.717) is 16.5 Å². The minimum Gasteiger partial charge on any atom is -0.422 e. The van der Waals surface area contributed by atoms with Crippen molar-refractivity contribution >= 4 is 59.5 Å². The molecule has 6 aromatic rings. The molecular formula is C26H14BrNO2. The average molecular weight is 452 g/mol. The van der Waals surface area contributed by atoms with Crippen LogP contribution in [0.3, 0.4) is 0 Å². The summed E-state index contributed by atoms with van der Waals surface area (Å²) < 4.78 is 6.64. The number of nitrogens with zero attached hydrogens (tertiary/aromatic N) is 1. The molecule has 3 nitrogen and oxygen atoms in total. The van der Waals surface area contributed by atoms with Crippen LogP contribution in [0.2, 0.25) is 0 Å². The maximum absolute atomic E-state index is 13.3. The van der Waals surface area contributed by atoms with Gasteiger partial charge in [-0.05, 0) is 40.6 Å². The van der Waals surface area contributed by atoms with Gasteiger partial charge in [0, 0.05) is 20.8 Å². The molecule has 6 rings (SSSR count). The fourth-order valence-corrected chi connectivity index (χ4v) is 4.75. The van der Waals surface area contributed by atoms with E-state index < -0.39 is 0 Å². The molecular weight excluding hydrogens is 438 g/mol. The first-order valence-corrected chi connectivity index (χ1v) is 10.4.